The summed E-state index contributed by atoms with van der Waals surface area (Å²) in [5.74, 6) is -4.47. The maximum atomic E-state index is 10.9. The summed E-state index contributed by atoms with van der Waals surface area (Å²) in [7, 11) is 0. The van der Waals surface area contributed by atoms with E-state index in [-0.39, 0.29) is 5.12 Å². The molecule has 0 aliphatic heterocycles. The van der Waals surface area contributed by atoms with Crippen LogP contribution in [0.15, 0.2) is 0 Å². The molecule has 0 saturated heterocycles. The molecule has 0 spiro atoms. The maximum absolute atomic E-state index is 10.9. The number of rotatable bonds is 11. The first-order chi connectivity index (χ1) is 9.98. The summed E-state index contributed by atoms with van der Waals surface area (Å²) in [6.45, 7) is 0. The van der Waals surface area contributed by atoms with Crippen molar-refractivity contribution in [1.82, 2.24) is 24.2 Å². The smallest absolute Gasteiger partial charge is 0.308 e. The van der Waals surface area contributed by atoms with E-state index in [1.165, 1.54) is 9.66 Å². The topological polar surface area (TPSA) is 238 Å². The van der Waals surface area contributed by atoms with E-state index >= 15 is 0 Å². The lowest BCUT2D eigenvalue weighted by Crippen LogP contribution is -2.75. The Bertz CT molecular complexity index is 442. The number of carbonyl (C=O) groups is 1. The highest BCUT2D eigenvalue weighted by molar-refractivity contribution is 7.78. The van der Waals surface area contributed by atoms with E-state index in [2.05, 4.69) is 0 Å². The molecule has 0 radical (unpaired) electrons. The van der Waals surface area contributed by atoms with Crippen LogP contribution in [0.25, 0.3) is 0 Å². The summed E-state index contributed by atoms with van der Waals surface area (Å²) in [6, 6.07) is 0. The summed E-state index contributed by atoms with van der Waals surface area (Å²) in [5, 5.41) is 8.76. The Kier molecular flexibility index (Phi) is 9.63. The molecule has 0 aromatic rings. The third kappa shape index (κ3) is 8.37. The van der Waals surface area contributed by atoms with Crippen LogP contribution >= 0.6 is 0 Å². The Morgan fingerprint density at radius 1 is 0.864 bits per heavy atom. The summed E-state index contributed by atoms with van der Waals surface area (Å²) in [5.41, 5.74) is 0. The second-order valence-electron chi connectivity index (χ2n) is 3.15. The minimum Gasteiger partial charge on any atom is -0.481 e. The zero-order chi connectivity index (χ0) is 17.5. The van der Waals surface area contributed by atoms with Gasteiger partial charge in [-0.2, -0.15) is 9.44 Å². The zero-order valence-corrected chi connectivity index (χ0v) is 13.3. The Balaban J connectivity index is 5.89. The van der Waals surface area contributed by atoms with Crippen LogP contribution in [0.5, 0.6) is 0 Å². The molecule has 0 fully saturated rings. The van der Waals surface area contributed by atoms with Crippen LogP contribution < -0.4 is 19.1 Å². The minimum atomic E-state index is -3.02. The minimum absolute atomic E-state index is 0.0322. The number of aliphatic carboxylic acids is 1. The average molecular weight is 405 g/mol. The zero-order valence-electron chi connectivity index (χ0n) is 10.1. The van der Waals surface area contributed by atoms with Crippen LogP contribution in [0.3, 0.4) is 0 Å². The van der Waals surface area contributed by atoms with Gasteiger partial charge in [0, 0.05) is 0 Å². The van der Waals surface area contributed by atoms with E-state index in [0.29, 0.717) is 0 Å². The third-order valence-corrected chi connectivity index (χ3v) is 3.34. The van der Waals surface area contributed by atoms with Crippen LogP contribution in [0.1, 0.15) is 6.42 Å². The van der Waals surface area contributed by atoms with Crippen molar-refractivity contribution in [3.05, 3.63) is 0 Å². The van der Waals surface area contributed by atoms with Crippen molar-refractivity contribution < 1.29 is 44.9 Å². The standard InChI is InChI=1S/C3H11N5O10S4/c9-2(10)1-3(4-19(11)12,5-20(13)14)8(6-21(15)16)7-22(17)18/h4-7H,1H2,(H,9,10)(H,11,12)(H,13,14)(H,15,16)(H,17,18). The molecule has 22 heavy (non-hydrogen) atoms. The van der Waals surface area contributed by atoms with Crippen LogP contribution in [0.2, 0.25) is 0 Å². The molecule has 0 amide bonds. The van der Waals surface area contributed by atoms with E-state index in [9.17, 15) is 21.6 Å². The Morgan fingerprint density at radius 2 is 1.23 bits per heavy atom. The second-order valence-corrected chi connectivity index (χ2v) is 5.92. The monoisotopic (exact) mass is 405 g/mol. The molecule has 9 N–H and O–H groups in total. The molecule has 4 unspecified atom stereocenters. The number of nitrogens with zero attached hydrogens (tertiary/aromatic N) is 1. The van der Waals surface area contributed by atoms with Gasteiger partial charge in [-0.05, 0) is 0 Å². The lowest BCUT2D eigenvalue weighted by atomic mass is 10.3. The quantitative estimate of drug-likeness (QED) is 0.0915. The van der Waals surface area contributed by atoms with Gasteiger partial charge in [0.05, 0.1) is 6.42 Å². The molecule has 4 atom stereocenters. The lowest BCUT2D eigenvalue weighted by molar-refractivity contribution is -0.142. The van der Waals surface area contributed by atoms with E-state index in [1.54, 1.807) is 9.44 Å². The van der Waals surface area contributed by atoms with Gasteiger partial charge in [-0.25, -0.2) is 16.8 Å². The molecular weight excluding hydrogens is 394 g/mol. The van der Waals surface area contributed by atoms with Gasteiger partial charge in [0.15, 0.2) is 5.79 Å². The molecule has 0 bridgehead atoms. The first kappa shape index (κ1) is 21.7. The number of carboxylic acid groups (broad SMARTS) is 1. The normalized spacial score (nSPS) is 20.0. The predicted octanol–water partition coefficient (Wildman–Crippen LogP) is -3.85. The van der Waals surface area contributed by atoms with E-state index in [4.69, 9.17) is 23.3 Å². The van der Waals surface area contributed by atoms with Crippen LogP contribution in [0, 0.1) is 0 Å². The average Bonchev–Trinajstić information content (AvgIpc) is 2.23. The van der Waals surface area contributed by atoms with Crippen molar-refractivity contribution in [3.63, 3.8) is 0 Å². The summed E-state index contributed by atoms with van der Waals surface area (Å²) < 4.78 is 81.5. The molecule has 0 saturated carbocycles. The van der Waals surface area contributed by atoms with Crippen LogP contribution in [-0.2, 0) is 49.9 Å². The van der Waals surface area contributed by atoms with Crippen molar-refractivity contribution >= 4 is 51.0 Å². The van der Waals surface area contributed by atoms with Crippen molar-refractivity contribution in [1.29, 1.82) is 0 Å². The van der Waals surface area contributed by atoms with Gasteiger partial charge >= 0.3 is 5.97 Å². The molecule has 0 aromatic carbocycles. The summed E-state index contributed by atoms with van der Waals surface area (Å²) >= 11 is -12.0. The number of hydrazine groups is 2. The van der Waals surface area contributed by atoms with Crippen molar-refractivity contribution in [2.75, 3.05) is 0 Å². The second kappa shape index (κ2) is 9.76. The molecule has 0 rings (SSSR count). The van der Waals surface area contributed by atoms with Crippen LogP contribution in [0.4, 0.5) is 0 Å². The fraction of sp³-hybridized carbons (Fsp3) is 0.667. The number of nitrogens with one attached hydrogen (secondary N) is 4. The molecule has 0 aliphatic carbocycles. The van der Waals surface area contributed by atoms with Gasteiger partial charge in [-0.1, -0.05) is 0 Å². The molecule has 0 heterocycles. The highest BCUT2D eigenvalue weighted by Crippen LogP contribution is 2.12. The van der Waals surface area contributed by atoms with E-state index < -0.39 is 63.2 Å². The molecule has 0 aromatic heterocycles. The molecule has 19 heteroatoms. The van der Waals surface area contributed by atoms with Gasteiger partial charge in [0.25, 0.3) is 0 Å². The Morgan fingerprint density at radius 3 is 1.45 bits per heavy atom. The van der Waals surface area contributed by atoms with Gasteiger partial charge in [0.1, 0.15) is 0 Å². The third-order valence-electron chi connectivity index (χ3n) is 1.64. The first-order valence-electron chi connectivity index (χ1n) is 4.52. The van der Waals surface area contributed by atoms with Crippen molar-refractivity contribution in [3.8, 4) is 0 Å². The fourth-order valence-electron chi connectivity index (χ4n) is 1.10. The highest BCUT2D eigenvalue weighted by Gasteiger charge is 2.44. The largest absolute Gasteiger partial charge is 0.481 e. The van der Waals surface area contributed by atoms with E-state index in [0.717, 1.165) is 0 Å². The summed E-state index contributed by atoms with van der Waals surface area (Å²) in [4.78, 5) is 13.8. The Labute approximate surface area is 132 Å². The van der Waals surface area contributed by atoms with Gasteiger partial charge in [-0.3, -0.25) is 23.0 Å². The van der Waals surface area contributed by atoms with Gasteiger partial charge in [0.2, 0.25) is 45.1 Å². The summed E-state index contributed by atoms with van der Waals surface area (Å²) in [6.07, 6.45) is -1.29. The number of carboxylic acids is 1. The lowest BCUT2D eigenvalue weighted by Gasteiger charge is -2.39. The van der Waals surface area contributed by atoms with Gasteiger partial charge in [-0.15, -0.1) is 14.8 Å². The maximum Gasteiger partial charge on any atom is 0.308 e. The fourth-order valence-corrected chi connectivity index (χ4v) is 2.95. The number of hydrogen-bond acceptors (Lipinski definition) is 6. The molecular formula is C3H11N5O10S4. The van der Waals surface area contributed by atoms with Crippen LogP contribution in [-0.4, -0.2) is 57.0 Å². The van der Waals surface area contributed by atoms with Crippen molar-refractivity contribution in [2.45, 2.75) is 12.2 Å². The van der Waals surface area contributed by atoms with Crippen molar-refractivity contribution in [2.24, 2.45) is 0 Å². The Hall–Kier alpha value is -0.290. The number of hydrogen-bond donors (Lipinski definition) is 9. The van der Waals surface area contributed by atoms with E-state index in [1.807, 2.05) is 0 Å². The van der Waals surface area contributed by atoms with Gasteiger partial charge < -0.3 is 5.11 Å². The first-order valence-corrected chi connectivity index (χ1v) is 8.95. The molecule has 132 valence electrons. The SMILES string of the molecule is O=C(O)CC(NS(=O)O)(NS(=O)O)N(NS(=O)O)NS(=O)O. The highest BCUT2D eigenvalue weighted by atomic mass is 32.2. The predicted molar refractivity (Wildman–Crippen MR) is 72.5 cm³/mol. The molecule has 15 nitrogen and oxygen atoms in total. The molecule has 0 aliphatic rings.